The fourth-order valence-corrected chi connectivity index (χ4v) is 3.35. The second-order valence-electron chi connectivity index (χ2n) is 6.38. The molecule has 0 bridgehead atoms. The van der Waals surface area contributed by atoms with Crippen LogP contribution >= 0.6 is 0 Å². The summed E-state index contributed by atoms with van der Waals surface area (Å²) in [4.78, 5) is 12.7. The number of nitrogens with one attached hydrogen (secondary N) is 1. The molecule has 0 aromatic heterocycles. The van der Waals surface area contributed by atoms with Crippen LogP contribution in [0.5, 0.6) is 0 Å². The zero-order valence-electron chi connectivity index (χ0n) is 14.4. The van der Waals surface area contributed by atoms with Gasteiger partial charge in [0.25, 0.3) is 5.91 Å². The van der Waals surface area contributed by atoms with Gasteiger partial charge in [-0.05, 0) is 61.7 Å². The predicted molar refractivity (Wildman–Crippen MR) is 95.6 cm³/mol. The van der Waals surface area contributed by atoms with Crippen LogP contribution in [0.15, 0.2) is 59.7 Å². The number of rotatable bonds is 2. The summed E-state index contributed by atoms with van der Waals surface area (Å²) in [7, 11) is 0. The molecule has 1 aliphatic rings. The van der Waals surface area contributed by atoms with Crippen LogP contribution in [0.2, 0.25) is 0 Å². The normalized spacial score (nSPS) is 17.6. The van der Waals surface area contributed by atoms with Crippen molar-refractivity contribution in [2.75, 3.05) is 0 Å². The van der Waals surface area contributed by atoms with Crippen LogP contribution in [-0.2, 0) is 4.79 Å². The third kappa shape index (κ3) is 3.25. The smallest absolute Gasteiger partial charge is 0.253 e. The molecule has 2 aromatic carbocycles. The van der Waals surface area contributed by atoms with E-state index < -0.39 is 5.82 Å². The van der Waals surface area contributed by atoms with Gasteiger partial charge in [-0.3, -0.25) is 4.79 Å². The zero-order valence-corrected chi connectivity index (χ0v) is 14.4. The van der Waals surface area contributed by atoms with Gasteiger partial charge in [-0.25, -0.2) is 8.78 Å². The van der Waals surface area contributed by atoms with E-state index in [9.17, 15) is 13.6 Å². The molecule has 2 nitrogen and oxygen atoms in total. The predicted octanol–water partition coefficient (Wildman–Crippen LogP) is 4.73. The molecular formula is C21H19F2NO. The minimum Gasteiger partial charge on any atom is -0.345 e. The first-order valence-electron chi connectivity index (χ1n) is 8.13. The second-order valence-corrected chi connectivity index (χ2v) is 6.38. The molecule has 1 amide bonds. The number of benzene rings is 2. The van der Waals surface area contributed by atoms with Gasteiger partial charge < -0.3 is 5.32 Å². The molecule has 0 unspecified atom stereocenters. The molecule has 1 heterocycles. The molecular weight excluding hydrogens is 320 g/mol. The lowest BCUT2D eigenvalue weighted by atomic mass is 9.81. The first kappa shape index (κ1) is 17.1. The summed E-state index contributed by atoms with van der Waals surface area (Å²) in [6.07, 6.45) is 0. The van der Waals surface area contributed by atoms with Gasteiger partial charge in [-0.2, -0.15) is 0 Å². The molecule has 4 heteroatoms. The molecule has 128 valence electrons. The molecule has 0 spiro atoms. The SMILES string of the molecule is CC(C)=C1C(c2cccc(F)c2)=C(c2cccc(F)c2)C(=O)N[C@@H]1C. The van der Waals surface area contributed by atoms with E-state index in [1.807, 2.05) is 20.8 Å². The summed E-state index contributed by atoms with van der Waals surface area (Å²) in [5.74, 6) is -1.09. The minimum atomic E-state index is -0.422. The van der Waals surface area contributed by atoms with Crippen molar-refractivity contribution in [2.24, 2.45) is 0 Å². The van der Waals surface area contributed by atoms with Crippen LogP contribution in [0.25, 0.3) is 11.1 Å². The molecule has 1 atom stereocenters. The Bertz CT molecular complexity index is 908. The lowest BCUT2D eigenvalue weighted by molar-refractivity contribution is -0.116. The molecule has 1 N–H and O–H groups in total. The first-order chi connectivity index (χ1) is 11.9. The molecule has 0 saturated carbocycles. The Kier molecular flexibility index (Phi) is 4.53. The Morgan fingerprint density at radius 1 is 0.920 bits per heavy atom. The van der Waals surface area contributed by atoms with Crippen molar-refractivity contribution >= 4 is 17.1 Å². The summed E-state index contributed by atoms with van der Waals surface area (Å²) in [5, 5.41) is 2.92. The summed E-state index contributed by atoms with van der Waals surface area (Å²) in [6, 6.07) is 11.8. The molecule has 2 aromatic rings. The van der Waals surface area contributed by atoms with Crippen LogP contribution in [0.4, 0.5) is 8.78 Å². The van der Waals surface area contributed by atoms with Crippen molar-refractivity contribution in [3.8, 4) is 0 Å². The highest BCUT2D eigenvalue weighted by molar-refractivity contribution is 6.30. The van der Waals surface area contributed by atoms with E-state index in [0.717, 1.165) is 11.1 Å². The highest BCUT2D eigenvalue weighted by Crippen LogP contribution is 2.39. The van der Waals surface area contributed by atoms with E-state index in [4.69, 9.17) is 0 Å². The number of carbonyl (C=O) groups excluding carboxylic acids is 1. The summed E-state index contributed by atoms with van der Waals surface area (Å²) in [6.45, 7) is 5.79. The fraction of sp³-hybridized carbons (Fsp3) is 0.190. The largest absolute Gasteiger partial charge is 0.345 e. The molecule has 0 aliphatic carbocycles. The van der Waals surface area contributed by atoms with Crippen molar-refractivity contribution in [3.05, 3.63) is 82.4 Å². The highest BCUT2D eigenvalue weighted by Gasteiger charge is 2.31. The van der Waals surface area contributed by atoms with Crippen molar-refractivity contribution in [3.63, 3.8) is 0 Å². The lowest BCUT2D eigenvalue weighted by Crippen LogP contribution is -2.39. The van der Waals surface area contributed by atoms with E-state index >= 15 is 0 Å². The second kappa shape index (κ2) is 6.63. The van der Waals surface area contributed by atoms with Crippen LogP contribution in [-0.4, -0.2) is 11.9 Å². The van der Waals surface area contributed by atoms with E-state index in [1.54, 1.807) is 24.3 Å². The van der Waals surface area contributed by atoms with Gasteiger partial charge in [-0.1, -0.05) is 29.8 Å². The molecule has 0 radical (unpaired) electrons. The maximum atomic E-state index is 13.8. The van der Waals surface area contributed by atoms with Crippen molar-refractivity contribution in [1.29, 1.82) is 0 Å². The van der Waals surface area contributed by atoms with E-state index in [1.165, 1.54) is 24.3 Å². The van der Waals surface area contributed by atoms with Gasteiger partial charge in [0.15, 0.2) is 0 Å². The topological polar surface area (TPSA) is 29.1 Å². The van der Waals surface area contributed by atoms with Crippen LogP contribution in [0.1, 0.15) is 31.9 Å². The average Bonchev–Trinajstić information content (AvgIpc) is 2.53. The lowest BCUT2D eigenvalue weighted by Gasteiger charge is -2.30. The van der Waals surface area contributed by atoms with E-state index in [2.05, 4.69) is 5.32 Å². The minimum absolute atomic E-state index is 0.215. The first-order valence-corrected chi connectivity index (χ1v) is 8.13. The van der Waals surface area contributed by atoms with Gasteiger partial charge in [0.1, 0.15) is 11.6 Å². The van der Waals surface area contributed by atoms with E-state index in [-0.39, 0.29) is 17.8 Å². The number of amides is 1. The quantitative estimate of drug-likeness (QED) is 0.842. The Morgan fingerprint density at radius 2 is 1.44 bits per heavy atom. The van der Waals surface area contributed by atoms with Crippen LogP contribution in [0.3, 0.4) is 0 Å². The standard InChI is InChI=1S/C21H19F2NO/c1-12(2)18-13(3)24-21(25)20(15-7-5-9-17(23)11-15)19(18)14-6-4-8-16(22)10-14/h4-11,13H,1-3H3,(H,24,25)/t13-/m1/s1. The maximum Gasteiger partial charge on any atom is 0.253 e. The maximum absolute atomic E-state index is 13.8. The van der Waals surface area contributed by atoms with Gasteiger partial charge in [0, 0.05) is 5.57 Å². The Morgan fingerprint density at radius 3 is 1.92 bits per heavy atom. The van der Waals surface area contributed by atoms with Crippen molar-refractivity contribution < 1.29 is 13.6 Å². The third-order valence-corrected chi connectivity index (χ3v) is 4.29. The number of hydrogen-bond acceptors (Lipinski definition) is 1. The van der Waals surface area contributed by atoms with E-state index in [0.29, 0.717) is 22.3 Å². The fourth-order valence-electron chi connectivity index (χ4n) is 3.35. The molecule has 0 saturated heterocycles. The third-order valence-electron chi connectivity index (χ3n) is 4.29. The molecule has 1 aliphatic heterocycles. The molecule has 25 heavy (non-hydrogen) atoms. The monoisotopic (exact) mass is 339 g/mol. The Labute approximate surface area is 145 Å². The summed E-state index contributed by atoms with van der Waals surface area (Å²) < 4.78 is 27.6. The number of carbonyl (C=O) groups is 1. The summed E-state index contributed by atoms with van der Waals surface area (Å²) in [5.41, 5.74) is 4.03. The van der Waals surface area contributed by atoms with Gasteiger partial charge in [-0.15, -0.1) is 0 Å². The Hall–Kier alpha value is -2.75. The van der Waals surface area contributed by atoms with Gasteiger partial charge in [0.2, 0.25) is 0 Å². The molecule has 3 rings (SSSR count). The number of allylic oxidation sites excluding steroid dienone is 1. The van der Waals surface area contributed by atoms with Crippen LogP contribution < -0.4 is 5.32 Å². The van der Waals surface area contributed by atoms with Crippen LogP contribution in [0, 0.1) is 11.6 Å². The zero-order chi connectivity index (χ0) is 18.1. The van der Waals surface area contributed by atoms with Gasteiger partial charge >= 0.3 is 0 Å². The van der Waals surface area contributed by atoms with Gasteiger partial charge in [0.05, 0.1) is 11.6 Å². The summed E-state index contributed by atoms with van der Waals surface area (Å²) >= 11 is 0. The number of hydrogen-bond donors (Lipinski definition) is 1. The van der Waals surface area contributed by atoms with Crippen molar-refractivity contribution in [2.45, 2.75) is 26.8 Å². The van der Waals surface area contributed by atoms with Crippen molar-refractivity contribution in [1.82, 2.24) is 5.32 Å². The molecule has 0 fully saturated rings. The number of halogens is 2. The average molecular weight is 339 g/mol. The Balaban J connectivity index is 2.39. The highest BCUT2D eigenvalue weighted by atomic mass is 19.1.